The first-order valence-corrected chi connectivity index (χ1v) is 12.2. The molecule has 2 rings (SSSR count). The SMILES string of the molecule is CCCCn1c(N)c(N(CC)C(=O)CN2CCCC(C(=O)NC(C)CCC)C2)c(=O)[nH]c1=O. The maximum Gasteiger partial charge on any atom is 0.330 e. The number of carbonyl (C=O) groups is 2. The van der Waals surface area contributed by atoms with Gasteiger partial charge in [-0.3, -0.25) is 28.8 Å². The molecule has 1 fully saturated rings. The van der Waals surface area contributed by atoms with Crippen LogP contribution in [0.25, 0.3) is 0 Å². The minimum atomic E-state index is -0.666. The van der Waals surface area contributed by atoms with Crippen LogP contribution in [0.4, 0.5) is 11.5 Å². The Kier molecular flexibility index (Phi) is 10.1. The van der Waals surface area contributed by atoms with Gasteiger partial charge < -0.3 is 16.0 Å². The van der Waals surface area contributed by atoms with Gasteiger partial charge in [-0.1, -0.05) is 26.7 Å². The molecule has 0 spiro atoms. The van der Waals surface area contributed by atoms with Gasteiger partial charge in [0, 0.05) is 25.7 Å². The van der Waals surface area contributed by atoms with Crippen LogP contribution < -0.4 is 27.2 Å². The van der Waals surface area contributed by atoms with Crippen LogP contribution in [0.3, 0.4) is 0 Å². The molecule has 0 saturated carbocycles. The number of amides is 2. The number of carbonyl (C=O) groups excluding carboxylic acids is 2. The maximum absolute atomic E-state index is 13.2. The van der Waals surface area contributed by atoms with Gasteiger partial charge in [-0.25, -0.2) is 4.79 Å². The molecule has 0 radical (unpaired) electrons. The fraction of sp³-hybridized carbons (Fsp3) is 0.739. The summed E-state index contributed by atoms with van der Waals surface area (Å²) in [6.45, 7) is 9.74. The molecule has 2 heterocycles. The van der Waals surface area contributed by atoms with Crippen molar-refractivity contribution in [3.05, 3.63) is 20.8 Å². The van der Waals surface area contributed by atoms with Gasteiger partial charge >= 0.3 is 5.69 Å². The van der Waals surface area contributed by atoms with Crippen LogP contribution in [0.2, 0.25) is 0 Å². The Hall–Kier alpha value is -2.62. The van der Waals surface area contributed by atoms with Crippen LogP contribution in [0.1, 0.15) is 66.2 Å². The number of nitrogens with two attached hydrogens (primary N) is 1. The van der Waals surface area contributed by atoms with Gasteiger partial charge in [-0.15, -0.1) is 0 Å². The van der Waals surface area contributed by atoms with E-state index in [-0.39, 0.29) is 48.4 Å². The Labute approximate surface area is 195 Å². The number of likely N-dealkylation sites (N-methyl/N-ethyl adjacent to an activating group) is 1. The fourth-order valence-electron chi connectivity index (χ4n) is 4.39. The van der Waals surface area contributed by atoms with Crippen molar-refractivity contribution in [1.82, 2.24) is 19.8 Å². The summed E-state index contributed by atoms with van der Waals surface area (Å²) < 4.78 is 1.31. The third-order valence-corrected chi connectivity index (χ3v) is 6.18. The van der Waals surface area contributed by atoms with Crippen molar-refractivity contribution in [1.29, 1.82) is 0 Å². The number of nitrogens with one attached hydrogen (secondary N) is 2. The average molecular weight is 465 g/mol. The molecule has 10 heteroatoms. The number of hydrogen-bond acceptors (Lipinski definition) is 6. The Morgan fingerprint density at radius 3 is 2.61 bits per heavy atom. The molecular formula is C23H40N6O4. The number of aromatic amines is 1. The molecule has 2 amide bonds. The van der Waals surface area contributed by atoms with Crippen LogP contribution in [-0.4, -0.2) is 58.5 Å². The van der Waals surface area contributed by atoms with Crippen molar-refractivity contribution in [3.63, 3.8) is 0 Å². The molecule has 186 valence electrons. The Morgan fingerprint density at radius 2 is 1.97 bits per heavy atom. The zero-order valence-corrected chi connectivity index (χ0v) is 20.5. The second-order valence-corrected chi connectivity index (χ2v) is 8.91. The van der Waals surface area contributed by atoms with Gasteiger partial charge in [-0.2, -0.15) is 0 Å². The standard InChI is InChI=1S/C23H40N6O4/c1-5-8-13-29-20(24)19(22(32)26-23(29)33)28(7-3)18(30)15-27-12-9-11-17(14-27)21(31)25-16(4)10-6-2/h16-17H,5-15,24H2,1-4H3,(H,25,31)(H,26,32,33). The van der Waals surface area contributed by atoms with E-state index in [4.69, 9.17) is 5.73 Å². The van der Waals surface area contributed by atoms with E-state index in [1.54, 1.807) is 6.92 Å². The molecule has 1 saturated heterocycles. The van der Waals surface area contributed by atoms with E-state index in [0.29, 0.717) is 19.6 Å². The molecule has 1 aliphatic heterocycles. The van der Waals surface area contributed by atoms with Gasteiger partial charge in [0.25, 0.3) is 5.56 Å². The third kappa shape index (κ3) is 6.93. The molecule has 1 aromatic rings. The number of hydrogen-bond donors (Lipinski definition) is 3. The zero-order chi connectivity index (χ0) is 24.5. The Bertz CT molecular complexity index is 925. The predicted octanol–water partition coefficient (Wildman–Crippen LogP) is 1.29. The van der Waals surface area contributed by atoms with Crippen molar-refractivity contribution in [2.45, 2.75) is 78.8 Å². The van der Waals surface area contributed by atoms with Gasteiger partial charge in [0.2, 0.25) is 11.8 Å². The van der Waals surface area contributed by atoms with Crippen molar-refractivity contribution in [2.75, 3.05) is 36.8 Å². The molecule has 10 nitrogen and oxygen atoms in total. The molecule has 2 atom stereocenters. The van der Waals surface area contributed by atoms with Crippen molar-refractivity contribution < 1.29 is 9.59 Å². The summed E-state index contributed by atoms with van der Waals surface area (Å²) in [6.07, 6.45) is 5.14. The highest BCUT2D eigenvalue weighted by Gasteiger charge is 2.30. The summed E-state index contributed by atoms with van der Waals surface area (Å²) in [5.41, 5.74) is 4.97. The number of aromatic nitrogens is 2. The number of rotatable bonds is 11. The number of nitrogen functional groups attached to an aromatic ring is 1. The first-order chi connectivity index (χ1) is 15.7. The van der Waals surface area contributed by atoms with Gasteiger partial charge in [0.05, 0.1) is 12.5 Å². The molecule has 33 heavy (non-hydrogen) atoms. The molecule has 4 N–H and O–H groups in total. The Morgan fingerprint density at radius 1 is 1.24 bits per heavy atom. The lowest BCUT2D eigenvalue weighted by atomic mass is 9.96. The summed E-state index contributed by atoms with van der Waals surface area (Å²) >= 11 is 0. The maximum atomic E-state index is 13.2. The lowest BCUT2D eigenvalue weighted by molar-refractivity contribution is -0.128. The third-order valence-electron chi connectivity index (χ3n) is 6.18. The first-order valence-electron chi connectivity index (χ1n) is 12.2. The van der Waals surface area contributed by atoms with E-state index in [1.807, 2.05) is 18.7 Å². The molecule has 1 aromatic heterocycles. The van der Waals surface area contributed by atoms with E-state index in [9.17, 15) is 19.2 Å². The summed E-state index contributed by atoms with van der Waals surface area (Å²) in [5, 5.41) is 3.07. The molecule has 1 aliphatic rings. The number of piperidine rings is 1. The molecule has 0 bridgehead atoms. The normalized spacial score (nSPS) is 17.5. The largest absolute Gasteiger partial charge is 0.383 e. The van der Waals surface area contributed by atoms with Crippen LogP contribution in [0.5, 0.6) is 0 Å². The highest BCUT2D eigenvalue weighted by Crippen LogP contribution is 2.20. The first kappa shape index (κ1) is 26.6. The van der Waals surface area contributed by atoms with Crippen molar-refractivity contribution >= 4 is 23.3 Å². The lowest BCUT2D eigenvalue weighted by Gasteiger charge is -2.33. The van der Waals surface area contributed by atoms with Crippen molar-refractivity contribution in [3.8, 4) is 0 Å². The van der Waals surface area contributed by atoms with Crippen LogP contribution >= 0.6 is 0 Å². The molecule has 0 aromatic carbocycles. The van der Waals surface area contributed by atoms with E-state index in [2.05, 4.69) is 17.2 Å². The molecule has 0 aliphatic carbocycles. The van der Waals surface area contributed by atoms with Crippen molar-refractivity contribution in [2.24, 2.45) is 5.92 Å². The number of likely N-dealkylation sites (tertiary alicyclic amines) is 1. The predicted molar refractivity (Wildman–Crippen MR) is 130 cm³/mol. The van der Waals surface area contributed by atoms with Crippen LogP contribution in [0, 0.1) is 5.92 Å². The highest BCUT2D eigenvalue weighted by molar-refractivity contribution is 5.96. The van der Waals surface area contributed by atoms with Crippen LogP contribution in [0.15, 0.2) is 9.59 Å². The summed E-state index contributed by atoms with van der Waals surface area (Å²) in [5.74, 6) is -0.404. The Balaban J connectivity index is 2.14. The van der Waals surface area contributed by atoms with Gasteiger partial charge in [-0.05, 0) is 46.1 Å². The van der Waals surface area contributed by atoms with Crippen LogP contribution in [-0.2, 0) is 16.1 Å². The average Bonchev–Trinajstić information content (AvgIpc) is 2.76. The highest BCUT2D eigenvalue weighted by atomic mass is 16.2. The van der Waals surface area contributed by atoms with Gasteiger partial charge in [0.15, 0.2) is 5.69 Å². The lowest BCUT2D eigenvalue weighted by Crippen LogP contribution is -2.49. The number of H-pyrrole nitrogens is 1. The van der Waals surface area contributed by atoms with E-state index >= 15 is 0 Å². The topological polar surface area (TPSA) is 134 Å². The summed E-state index contributed by atoms with van der Waals surface area (Å²) in [4.78, 5) is 56.2. The number of anilines is 2. The molecule has 2 unspecified atom stereocenters. The van der Waals surface area contributed by atoms with E-state index in [0.717, 1.165) is 38.5 Å². The minimum Gasteiger partial charge on any atom is -0.383 e. The second-order valence-electron chi connectivity index (χ2n) is 8.91. The quantitative estimate of drug-likeness (QED) is 0.452. The second kappa shape index (κ2) is 12.6. The minimum absolute atomic E-state index is 0.00760. The smallest absolute Gasteiger partial charge is 0.330 e. The number of nitrogens with zero attached hydrogens (tertiary/aromatic N) is 3. The zero-order valence-electron chi connectivity index (χ0n) is 20.5. The summed E-state index contributed by atoms with van der Waals surface area (Å²) in [6, 6.07) is 0.133. The summed E-state index contributed by atoms with van der Waals surface area (Å²) in [7, 11) is 0. The van der Waals surface area contributed by atoms with E-state index < -0.39 is 11.2 Å². The van der Waals surface area contributed by atoms with E-state index in [1.165, 1.54) is 9.47 Å². The monoisotopic (exact) mass is 464 g/mol. The van der Waals surface area contributed by atoms with Gasteiger partial charge in [0.1, 0.15) is 5.82 Å². The number of unbranched alkanes of at least 4 members (excludes halogenated alkanes) is 1. The fourth-order valence-corrected chi connectivity index (χ4v) is 4.39. The molecular weight excluding hydrogens is 424 g/mol.